The van der Waals surface area contributed by atoms with E-state index in [0.717, 1.165) is 25.0 Å². The summed E-state index contributed by atoms with van der Waals surface area (Å²) in [5, 5.41) is 7.08. The molecule has 2 aliphatic rings. The van der Waals surface area contributed by atoms with Crippen molar-refractivity contribution >= 4 is 29.9 Å². The summed E-state index contributed by atoms with van der Waals surface area (Å²) in [5.41, 5.74) is 0. The third-order valence-corrected chi connectivity index (χ3v) is 5.08. The van der Waals surface area contributed by atoms with Crippen molar-refractivity contribution in [1.82, 2.24) is 15.5 Å². The van der Waals surface area contributed by atoms with Gasteiger partial charge in [0.15, 0.2) is 5.96 Å². The SMILES string of the molecule is CCNC(=NCC1CCCN(C(C)C)C1)NC1CCCCC1.I. The van der Waals surface area contributed by atoms with Gasteiger partial charge in [-0.15, -0.1) is 24.0 Å². The summed E-state index contributed by atoms with van der Waals surface area (Å²) < 4.78 is 0. The maximum atomic E-state index is 4.89. The van der Waals surface area contributed by atoms with Gasteiger partial charge in [0.1, 0.15) is 0 Å². The molecule has 23 heavy (non-hydrogen) atoms. The van der Waals surface area contributed by atoms with Crippen molar-refractivity contribution in [3.05, 3.63) is 0 Å². The van der Waals surface area contributed by atoms with Gasteiger partial charge in [0.2, 0.25) is 0 Å². The van der Waals surface area contributed by atoms with Crippen molar-refractivity contribution < 1.29 is 0 Å². The molecule has 2 rings (SSSR count). The van der Waals surface area contributed by atoms with Crippen LogP contribution in [0.1, 0.15) is 65.7 Å². The second kappa shape index (κ2) is 11.5. The minimum atomic E-state index is 0. The van der Waals surface area contributed by atoms with Gasteiger partial charge in [0, 0.05) is 31.7 Å². The molecular formula is C18H37IN4. The highest BCUT2D eigenvalue weighted by Gasteiger charge is 2.21. The Morgan fingerprint density at radius 3 is 2.52 bits per heavy atom. The maximum Gasteiger partial charge on any atom is 0.191 e. The monoisotopic (exact) mass is 436 g/mol. The predicted octanol–water partition coefficient (Wildman–Crippen LogP) is 3.61. The first-order valence-corrected chi connectivity index (χ1v) is 9.48. The number of guanidine groups is 1. The van der Waals surface area contributed by atoms with Crippen LogP contribution < -0.4 is 10.6 Å². The third-order valence-electron chi connectivity index (χ3n) is 5.08. The molecule has 0 radical (unpaired) electrons. The zero-order valence-electron chi connectivity index (χ0n) is 15.3. The van der Waals surface area contributed by atoms with Crippen LogP contribution in [0.2, 0.25) is 0 Å². The van der Waals surface area contributed by atoms with Crippen molar-refractivity contribution in [1.29, 1.82) is 0 Å². The Kier molecular flexibility index (Phi) is 10.5. The molecule has 1 atom stereocenters. The molecule has 0 aromatic rings. The smallest absolute Gasteiger partial charge is 0.191 e. The molecule has 0 spiro atoms. The third kappa shape index (κ3) is 7.59. The Bertz CT molecular complexity index is 340. The highest BCUT2D eigenvalue weighted by atomic mass is 127. The van der Waals surface area contributed by atoms with Crippen molar-refractivity contribution in [2.75, 3.05) is 26.2 Å². The highest BCUT2D eigenvalue weighted by molar-refractivity contribution is 14.0. The van der Waals surface area contributed by atoms with Crippen LogP contribution in [0.3, 0.4) is 0 Å². The van der Waals surface area contributed by atoms with E-state index in [2.05, 4.69) is 36.3 Å². The second-order valence-electron chi connectivity index (χ2n) is 7.30. The Morgan fingerprint density at radius 1 is 1.13 bits per heavy atom. The summed E-state index contributed by atoms with van der Waals surface area (Å²) >= 11 is 0. The number of nitrogens with one attached hydrogen (secondary N) is 2. The lowest BCUT2D eigenvalue weighted by Crippen LogP contribution is -2.45. The normalized spacial score (nSPS) is 24.3. The zero-order chi connectivity index (χ0) is 15.8. The number of aliphatic imine (C=N–C) groups is 1. The van der Waals surface area contributed by atoms with Crippen LogP contribution in [-0.2, 0) is 0 Å². The average Bonchev–Trinajstić information content (AvgIpc) is 2.54. The molecular weight excluding hydrogens is 399 g/mol. The number of likely N-dealkylation sites (tertiary alicyclic amines) is 1. The van der Waals surface area contributed by atoms with Crippen LogP contribution in [0.5, 0.6) is 0 Å². The van der Waals surface area contributed by atoms with Crippen molar-refractivity contribution in [2.45, 2.75) is 77.8 Å². The van der Waals surface area contributed by atoms with Crippen LogP contribution in [-0.4, -0.2) is 49.1 Å². The lowest BCUT2D eigenvalue weighted by molar-refractivity contribution is 0.143. The van der Waals surface area contributed by atoms with E-state index in [0.29, 0.717) is 12.1 Å². The van der Waals surface area contributed by atoms with Crippen molar-refractivity contribution in [3.63, 3.8) is 0 Å². The van der Waals surface area contributed by atoms with Crippen LogP contribution in [0.4, 0.5) is 0 Å². The molecule has 1 unspecified atom stereocenters. The van der Waals surface area contributed by atoms with Gasteiger partial charge < -0.3 is 15.5 Å². The molecule has 4 nitrogen and oxygen atoms in total. The Labute approximate surface area is 160 Å². The summed E-state index contributed by atoms with van der Waals surface area (Å²) in [6.07, 6.45) is 9.38. The number of nitrogens with zero attached hydrogens (tertiary/aromatic N) is 2. The maximum absolute atomic E-state index is 4.89. The van der Waals surface area contributed by atoms with Crippen LogP contribution in [0.25, 0.3) is 0 Å². The fourth-order valence-electron chi connectivity index (χ4n) is 3.70. The van der Waals surface area contributed by atoms with Gasteiger partial charge in [-0.3, -0.25) is 4.99 Å². The number of piperidine rings is 1. The van der Waals surface area contributed by atoms with Crippen molar-refractivity contribution in [2.24, 2.45) is 10.9 Å². The molecule has 1 aliphatic heterocycles. The molecule has 2 N–H and O–H groups in total. The average molecular weight is 436 g/mol. The molecule has 1 saturated heterocycles. The first-order valence-electron chi connectivity index (χ1n) is 9.48. The number of rotatable bonds is 5. The topological polar surface area (TPSA) is 39.7 Å². The first-order chi connectivity index (χ1) is 10.7. The Balaban J connectivity index is 0.00000264. The summed E-state index contributed by atoms with van der Waals surface area (Å²) in [7, 11) is 0. The summed E-state index contributed by atoms with van der Waals surface area (Å²) in [4.78, 5) is 7.50. The van der Waals surface area contributed by atoms with E-state index < -0.39 is 0 Å². The van der Waals surface area contributed by atoms with Crippen molar-refractivity contribution in [3.8, 4) is 0 Å². The number of hydrogen-bond donors (Lipinski definition) is 2. The zero-order valence-corrected chi connectivity index (χ0v) is 17.6. The lowest BCUT2D eigenvalue weighted by atomic mass is 9.95. The molecule has 0 amide bonds. The molecule has 0 aromatic carbocycles. The first kappa shape index (κ1) is 21.0. The van der Waals surface area contributed by atoms with Crippen LogP contribution in [0, 0.1) is 5.92 Å². The molecule has 0 aromatic heterocycles. The molecule has 5 heteroatoms. The summed E-state index contributed by atoms with van der Waals surface area (Å²) in [5.74, 6) is 1.76. The second-order valence-corrected chi connectivity index (χ2v) is 7.30. The van der Waals surface area contributed by atoms with E-state index in [9.17, 15) is 0 Å². The van der Waals surface area contributed by atoms with E-state index >= 15 is 0 Å². The van der Waals surface area contributed by atoms with E-state index in [1.165, 1.54) is 58.0 Å². The molecule has 1 saturated carbocycles. The minimum absolute atomic E-state index is 0. The van der Waals surface area contributed by atoms with Gasteiger partial charge in [0.05, 0.1) is 0 Å². The van der Waals surface area contributed by atoms with Gasteiger partial charge >= 0.3 is 0 Å². The summed E-state index contributed by atoms with van der Waals surface area (Å²) in [6.45, 7) is 11.1. The van der Waals surface area contributed by atoms with E-state index in [4.69, 9.17) is 4.99 Å². The van der Waals surface area contributed by atoms with E-state index in [-0.39, 0.29) is 24.0 Å². The van der Waals surface area contributed by atoms with Gasteiger partial charge in [0.25, 0.3) is 0 Å². The summed E-state index contributed by atoms with van der Waals surface area (Å²) in [6, 6.07) is 1.30. The van der Waals surface area contributed by atoms with E-state index in [1.54, 1.807) is 0 Å². The van der Waals surface area contributed by atoms with Crippen LogP contribution >= 0.6 is 24.0 Å². The fourth-order valence-corrected chi connectivity index (χ4v) is 3.70. The van der Waals surface area contributed by atoms with E-state index in [1.807, 2.05) is 0 Å². The fraction of sp³-hybridized carbons (Fsp3) is 0.944. The largest absolute Gasteiger partial charge is 0.357 e. The number of hydrogen-bond acceptors (Lipinski definition) is 2. The van der Waals surface area contributed by atoms with Crippen LogP contribution in [0.15, 0.2) is 4.99 Å². The van der Waals surface area contributed by atoms with Gasteiger partial charge in [-0.05, 0) is 58.9 Å². The van der Waals surface area contributed by atoms with Gasteiger partial charge in [-0.25, -0.2) is 0 Å². The van der Waals surface area contributed by atoms with Gasteiger partial charge in [-0.1, -0.05) is 19.3 Å². The standard InChI is InChI=1S/C18H36N4.HI/c1-4-19-18(21-17-10-6-5-7-11-17)20-13-16-9-8-12-22(14-16)15(2)3;/h15-17H,4-14H2,1-3H3,(H2,19,20,21);1H. The van der Waals surface area contributed by atoms with Gasteiger partial charge in [-0.2, -0.15) is 0 Å². The minimum Gasteiger partial charge on any atom is -0.357 e. The Morgan fingerprint density at radius 2 is 1.87 bits per heavy atom. The predicted molar refractivity (Wildman–Crippen MR) is 111 cm³/mol. The molecule has 1 heterocycles. The molecule has 0 bridgehead atoms. The highest BCUT2D eigenvalue weighted by Crippen LogP contribution is 2.19. The lowest BCUT2D eigenvalue weighted by Gasteiger charge is -2.35. The quantitative estimate of drug-likeness (QED) is 0.393. The Hall–Kier alpha value is -0.0400. The molecule has 2 fully saturated rings. The molecule has 1 aliphatic carbocycles. The molecule has 136 valence electrons. The number of halogens is 1.